The molecule has 0 spiro atoms. The predicted octanol–water partition coefficient (Wildman–Crippen LogP) is 3.90. The molecule has 2 aromatic carbocycles. The van der Waals surface area contributed by atoms with Crippen LogP contribution in [0.15, 0.2) is 70.2 Å². The number of benzene rings is 2. The summed E-state index contributed by atoms with van der Waals surface area (Å²) in [6.45, 7) is 3.00. The molecule has 3 rings (SSSR count). The molecule has 3 aromatic rings. The van der Waals surface area contributed by atoms with E-state index in [0.29, 0.717) is 22.0 Å². The summed E-state index contributed by atoms with van der Waals surface area (Å²) < 4.78 is 38.0. The largest absolute Gasteiger partial charge is 0.468 e. The van der Waals surface area contributed by atoms with E-state index in [1.165, 1.54) is 31.4 Å². The maximum atomic E-state index is 12.7. The second-order valence-corrected chi connectivity index (χ2v) is 9.07. The van der Waals surface area contributed by atoms with E-state index in [-0.39, 0.29) is 17.0 Å². The molecular formula is C22H21ClN2O6S. The number of carbonyl (C=O) groups is 2. The molecule has 0 bridgehead atoms. The van der Waals surface area contributed by atoms with Gasteiger partial charge in [0.25, 0.3) is 5.91 Å². The molecule has 0 saturated heterocycles. The van der Waals surface area contributed by atoms with Crippen molar-refractivity contribution in [2.45, 2.75) is 31.4 Å². The third kappa shape index (κ3) is 5.76. The number of carbonyl (C=O) groups excluding carboxylic acids is 2. The van der Waals surface area contributed by atoms with Gasteiger partial charge in [-0.1, -0.05) is 29.8 Å². The van der Waals surface area contributed by atoms with Gasteiger partial charge in [-0.2, -0.15) is 0 Å². The van der Waals surface area contributed by atoms with Crippen molar-refractivity contribution in [3.8, 4) is 0 Å². The highest BCUT2D eigenvalue weighted by Gasteiger charge is 2.23. The van der Waals surface area contributed by atoms with Crippen molar-refractivity contribution in [3.63, 3.8) is 0 Å². The molecule has 0 aliphatic heterocycles. The molecule has 10 heteroatoms. The van der Waals surface area contributed by atoms with Crippen molar-refractivity contribution in [2.24, 2.45) is 0 Å². The van der Waals surface area contributed by atoms with E-state index in [0.717, 1.165) is 0 Å². The number of esters is 1. The first kappa shape index (κ1) is 23.5. The first-order valence-corrected chi connectivity index (χ1v) is 11.4. The average molecular weight is 477 g/mol. The number of hydrogen-bond donors (Lipinski definition) is 2. The molecule has 32 heavy (non-hydrogen) atoms. The molecule has 0 saturated carbocycles. The molecule has 0 fully saturated rings. The molecular weight excluding hydrogens is 456 g/mol. The lowest BCUT2D eigenvalue weighted by Gasteiger charge is -2.15. The summed E-state index contributed by atoms with van der Waals surface area (Å²) >= 11 is 6.02. The second-order valence-electron chi connectivity index (χ2n) is 6.90. The quantitative estimate of drug-likeness (QED) is 0.476. The van der Waals surface area contributed by atoms with E-state index in [9.17, 15) is 18.0 Å². The Morgan fingerprint density at radius 2 is 1.88 bits per heavy atom. The number of halogens is 1. The number of hydrogen-bond acceptors (Lipinski definition) is 6. The summed E-state index contributed by atoms with van der Waals surface area (Å²) in [6, 6.07) is 14.0. The number of furan rings is 1. The van der Waals surface area contributed by atoms with Gasteiger partial charge in [-0.25, -0.2) is 17.9 Å². The Hall–Kier alpha value is -3.14. The molecule has 0 aliphatic carbocycles. The molecule has 0 aliphatic rings. The maximum Gasteiger partial charge on any atom is 0.339 e. The van der Waals surface area contributed by atoms with E-state index < -0.39 is 28.0 Å². The number of aryl methyl sites for hydroxylation is 1. The summed E-state index contributed by atoms with van der Waals surface area (Å²) in [7, 11) is -3.91. The summed E-state index contributed by atoms with van der Waals surface area (Å²) in [5.41, 5.74) is 0.913. The van der Waals surface area contributed by atoms with Gasteiger partial charge in [0.15, 0.2) is 6.10 Å². The molecule has 2 N–H and O–H groups in total. The van der Waals surface area contributed by atoms with Crippen molar-refractivity contribution in [3.05, 3.63) is 82.8 Å². The van der Waals surface area contributed by atoms with Crippen LogP contribution in [0.25, 0.3) is 0 Å². The van der Waals surface area contributed by atoms with E-state index >= 15 is 0 Å². The minimum atomic E-state index is -3.91. The Kier molecular flexibility index (Phi) is 7.34. The summed E-state index contributed by atoms with van der Waals surface area (Å²) in [5.74, 6) is -0.959. The van der Waals surface area contributed by atoms with E-state index in [1.54, 1.807) is 43.3 Å². The maximum absolute atomic E-state index is 12.7. The molecule has 8 nitrogen and oxygen atoms in total. The van der Waals surface area contributed by atoms with Crippen LogP contribution < -0.4 is 10.0 Å². The fourth-order valence-corrected chi connectivity index (χ4v) is 3.93. The first-order chi connectivity index (χ1) is 15.2. The summed E-state index contributed by atoms with van der Waals surface area (Å²) in [6.07, 6.45) is 0.294. The van der Waals surface area contributed by atoms with Crippen molar-refractivity contribution in [1.82, 2.24) is 4.72 Å². The molecule has 1 heterocycles. The Balaban J connectivity index is 1.70. The highest BCUT2D eigenvalue weighted by Crippen LogP contribution is 2.21. The number of nitrogens with one attached hydrogen (secondary N) is 2. The van der Waals surface area contributed by atoms with Gasteiger partial charge in [0.05, 0.1) is 34.0 Å². The van der Waals surface area contributed by atoms with Crippen molar-refractivity contribution >= 4 is 39.2 Å². The molecule has 0 radical (unpaired) electrons. The number of para-hydroxylation sites is 1. The minimum absolute atomic E-state index is 0.0308. The summed E-state index contributed by atoms with van der Waals surface area (Å²) in [5, 5.41) is 2.93. The lowest BCUT2D eigenvalue weighted by molar-refractivity contribution is -0.123. The predicted molar refractivity (Wildman–Crippen MR) is 119 cm³/mol. The number of ether oxygens (including phenoxy) is 1. The summed E-state index contributed by atoms with van der Waals surface area (Å²) in [4.78, 5) is 24.9. The van der Waals surface area contributed by atoms with Crippen LogP contribution in [-0.2, 0) is 26.1 Å². The monoisotopic (exact) mass is 476 g/mol. The smallest absolute Gasteiger partial charge is 0.339 e. The van der Waals surface area contributed by atoms with Crippen LogP contribution in [-0.4, -0.2) is 26.4 Å². The van der Waals surface area contributed by atoms with Gasteiger partial charge < -0.3 is 14.5 Å². The molecule has 1 aromatic heterocycles. The second kappa shape index (κ2) is 9.99. The first-order valence-electron chi connectivity index (χ1n) is 9.56. The average Bonchev–Trinajstić information content (AvgIpc) is 3.28. The third-order valence-electron chi connectivity index (χ3n) is 4.54. The van der Waals surface area contributed by atoms with E-state index in [2.05, 4.69) is 10.0 Å². The number of amides is 1. The third-order valence-corrected chi connectivity index (χ3v) is 6.27. The Morgan fingerprint density at radius 1 is 1.12 bits per heavy atom. The Bertz CT molecular complexity index is 1220. The van der Waals surface area contributed by atoms with Crippen LogP contribution in [0.5, 0.6) is 0 Å². The van der Waals surface area contributed by atoms with Gasteiger partial charge >= 0.3 is 5.97 Å². The van der Waals surface area contributed by atoms with Crippen molar-refractivity contribution in [1.29, 1.82) is 0 Å². The minimum Gasteiger partial charge on any atom is -0.468 e. The number of sulfonamides is 1. The van der Waals surface area contributed by atoms with Gasteiger partial charge in [-0.05, 0) is 55.8 Å². The SMILES string of the molecule is Cc1ccc(S(=O)(=O)NCc2ccco2)cc1C(=O)O[C@@H](C)C(=O)Nc1ccccc1Cl. The normalized spacial score (nSPS) is 12.2. The Morgan fingerprint density at radius 3 is 2.56 bits per heavy atom. The lowest BCUT2D eigenvalue weighted by Crippen LogP contribution is -2.30. The Labute approximate surface area is 190 Å². The fourth-order valence-electron chi connectivity index (χ4n) is 2.73. The highest BCUT2D eigenvalue weighted by atomic mass is 35.5. The van der Waals surface area contributed by atoms with Crippen molar-refractivity contribution in [2.75, 3.05) is 5.32 Å². The topological polar surface area (TPSA) is 115 Å². The molecule has 0 unspecified atom stereocenters. The molecule has 1 atom stereocenters. The van der Waals surface area contributed by atoms with Crippen LogP contribution >= 0.6 is 11.6 Å². The zero-order valence-electron chi connectivity index (χ0n) is 17.3. The van der Waals surface area contributed by atoms with E-state index in [1.807, 2.05) is 0 Å². The van der Waals surface area contributed by atoms with Crippen LogP contribution in [0.2, 0.25) is 5.02 Å². The van der Waals surface area contributed by atoms with Crippen LogP contribution in [0, 0.1) is 6.92 Å². The number of anilines is 1. The van der Waals surface area contributed by atoms with Gasteiger partial charge in [0.1, 0.15) is 5.76 Å². The van der Waals surface area contributed by atoms with Crippen LogP contribution in [0.1, 0.15) is 28.6 Å². The van der Waals surface area contributed by atoms with Crippen LogP contribution in [0.3, 0.4) is 0 Å². The van der Waals surface area contributed by atoms with Crippen molar-refractivity contribution < 1.29 is 27.2 Å². The zero-order chi connectivity index (χ0) is 23.3. The van der Waals surface area contributed by atoms with Gasteiger partial charge in [0.2, 0.25) is 10.0 Å². The van der Waals surface area contributed by atoms with E-state index in [4.69, 9.17) is 20.8 Å². The molecule has 168 valence electrons. The van der Waals surface area contributed by atoms with Crippen LogP contribution in [0.4, 0.5) is 5.69 Å². The van der Waals surface area contributed by atoms with Gasteiger partial charge in [-0.3, -0.25) is 4.79 Å². The fraction of sp³-hybridized carbons (Fsp3) is 0.182. The zero-order valence-corrected chi connectivity index (χ0v) is 18.9. The number of rotatable bonds is 8. The highest BCUT2D eigenvalue weighted by molar-refractivity contribution is 7.89. The van der Waals surface area contributed by atoms with Gasteiger partial charge in [-0.15, -0.1) is 0 Å². The van der Waals surface area contributed by atoms with Gasteiger partial charge in [0, 0.05) is 0 Å². The lowest BCUT2D eigenvalue weighted by atomic mass is 10.1. The standard InChI is InChI=1S/C22H21ClN2O6S/c1-14-9-10-17(32(28,29)24-13-16-6-5-11-30-16)12-18(14)22(27)31-15(2)21(26)25-20-8-4-3-7-19(20)23/h3-12,15,24H,13H2,1-2H3,(H,25,26)/t15-/m0/s1. The molecule has 1 amide bonds.